The number of ether oxygens (including phenoxy) is 3. The molecule has 6 nitrogen and oxygen atoms in total. The quantitative estimate of drug-likeness (QED) is 0.751. The van der Waals surface area contributed by atoms with Crippen LogP contribution in [0.4, 0.5) is 0 Å². The van der Waals surface area contributed by atoms with Gasteiger partial charge in [-0.3, -0.25) is 4.79 Å². The minimum atomic E-state index is -0.449. The van der Waals surface area contributed by atoms with E-state index >= 15 is 0 Å². The molecule has 0 fully saturated rings. The number of aliphatic hydroxyl groups excluding tert-OH is 1. The van der Waals surface area contributed by atoms with E-state index in [0.29, 0.717) is 17.1 Å². The maximum absolute atomic E-state index is 12.0. The second-order valence-corrected chi connectivity index (χ2v) is 3.91. The Morgan fingerprint density at radius 1 is 1.21 bits per heavy atom. The second-order valence-electron chi connectivity index (χ2n) is 3.91. The maximum Gasteiger partial charge on any atom is 0.251 e. The normalized spacial score (nSPS) is 11.8. The van der Waals surface area contributed by atoms with Crippen molar-refractivity contribution in [2.24, 2.45) is 0 Å². The molecule has 1 aromatic rings. The maximum atomic E-state index is 12.0. The minimum Gasteiger partial charge on any atom is -0.497 e. The van der Waals surface area contributed by atoms with Crippen LogP contribution in [0.2, 0.25) is 0 Å². The molecule has 1 aromatic carbocycles. The van der Waals surface area contributed by atoms with Gasteiger partial charge >= 0.3 is 0 Å². The third-order valence-corrected chi connectivity index (χ3v) is 2.54. The van der Waals surface area contributed by atoms with Crippen molar-refractivity contribution in [3.8, 4) is 11.5 Å². The highest BCUT2D eigenvalue weighted by molar-refractivity contribution is 5.95. The molecule has 0 aliphatic heterocycles. The standard InChI is InChI=1S/C13H19NO5/c1-17-8-10(7-15)14-13(16)9-4-11(18-2)6-12(5-9)19-3/h4-6,10,15H,7-8H2,1-3H3,(H,14,16). The number of carbonyl (C=O) groups excluding carboxylic acids is 1. The van der Waals surface area contributed by atoms with Crippen LogP contribution in [0.1, 0.15) is 10.4 Å². The third kappa shape index (κ3) is 4.42. The van der Waals surface area contributed by atoms with Gasteiger partial charge in [0.1, 0.15) is 11.5 Å². The number of rotatable bonds is 7. The van der Waals surface area contributed by atoms with Crippen LogP contribution in [-0.2, 0) is 4.74 Å². The molecule has 19 heavy (non-hydrogen) atoms. The van der Waals surface area contributed by atoms with Gasteiger partial charge in [-0.05, 0) is 12.1 Å². The van der Waals surface area contributed by atoms with Gasteiger partial charge in [-0.2, -0.15) is 0 Å². The van der Waals surface area contributed by atoms with E-state index in [9.17, 15) is 4.79 Å². The van der Waals surface area contributed by atoms with Crippen molar-refractivity contribution in [2.45, 2.75) is 6.04 Å². The summed E-state index contributed by atoms with van der Waals surface area (Å²) in [7, 11) is 4.53. The van der Waals surface area contributed by atoms with Gasteiger partial charge in [0.15, 0.2) is 0 Å². The van der Waals surface area contributed by atoms with E-state index < -0.39 is 6.04 Å². The summed E-state index contributed by atoms with van der Waals surface area (Å²) in [5.74, 6) is 0.724. The van der Waals surface area contributed by atoms with Gasteiger partial charge in [0.25, 0.3) is 5.91 Å². The smallest absolute Gasteiger partial charge is 0.251 e. The highest BCUT2D eigenvalue weighted by Crippen LogP contribution is 2.22. The molecule has 1 atom stereocenters. The van der Waals surface area contributed by atoms with Crippen molar-refractivity contribution in [3.63, 3.8) is 0 Å². The average molecular weight is 269 g/mol. The Balaban J connectivity index is 2.86. The molecule has 0 bridgehead atoms. The van der Waals surface area contributed by atoms with Crippen LogP contribution in [-0.4, -0.2) is 51.6 Å². The lowest BCUT2D eigenvalue weighted by atomic mass is 10.1. The van der Waals surface area contributed by atoms with Gasteiger partial charge in [0.05, 0.1) is 33.5 Å². The summed E-state index contributed by atoms with van der Waals surface area (Å²) in [6.07, 6.45) is 0. The van der Waals surface area contributed by atoms with Crippen LogP contribution in [0.3, 0.4) is 0 Å². The minimum absolute atomic E-state index is 0.194. The first-order valence-electron chi connectivity index (χ1n) is 5.78. The molecule has 2 N–H and O–H groups in total. The molecular weight excluding hydrogens is 250 g/mol. The van der Waals surface area contributed by atoms with Gasteiger partial charge in [-0.1, -0.05) is 0 Å². The van der Waals surface area contributed by atoms with Crippen LogP contribution in [0.15, 0.2) is 18.2 Å². The van der Waals surface area contributed by atoms with E-state index in [1.54, 1.807) is 18.2 Å². The van der Waals surface area contributed by atoms with Crippen molar-refractivity contribution < 1.29 is 24.1 Å². The fourth-order valence-corrected chi connectivity index (χ4v) is 1.55. The zero-order valence-corrected chi connectivity index (χ0v) is 11.3. The zero-order chi connectivity index (χ0) is 14.3. The predicted octanol–water partition coefficient (Wildman–Crippen LogP) is 0.441. The molecular formula is C13H19NO5. The summed E-state index contributed by atoms with van der Waals surface area (Å²) in [6.45, 7) is 0.0457. The Hall–Kier alpha value is -1.79. The van der Waals surface area contributed by atoms with Crippen LogP contribution < -0.4 is 14.8 Å². The summed E-state index contributed by atoms with van der Waals surface area (Å²) in [6, 6.07) is 4.42. The van der Waals surface area contributed by atoms with Crippen LogP contribution in [0, 0.1) is 0 Å². The summed E-state index contributed by atoms with van der Waals surface area (Å²) < 4.78 is 15.1. The number of hydrogen-bond donors (Lipinski definition) is 2. The molecule has 0 heterocycles. The lowest BCUT2D eigenvalue weighted by molar-refractivity contribution is 0.0839. The first-order valence-corrected chi connectivity index (χ1v) is 5.78. The molecule has 106 valence electrons. The van der Waals surface area contributed by atoms with Gasteiger partial charge < -0.3 is 24.6 Å². The van der Waals surface area contributed by atoms with Crippen LogP contribution >= 0.6 is 0 Å². The van der Waals surface area contributed by atoms with Crippen molar-refractivity contribution >= 4 is 5.91 Å². The Morgan fingerprint density at radius 2 is 1.79 bits per heavy atom. The highest BCUT2D eigenvalue weighted by Gasteiger charge is 2.14. The lowest BCUT2D eigenvalue weighted by Gasteiger charge is -2.16. The fourth-order valence-electron chi connectivity index (χ4n) is 1.55. The Bertz CT molecular complexity index is 399. The number of methoxy groups -OCH3 is 3. The molecule has 0 radical (unpaired) electrons. The van der Waals surface area contributed by atoms with E-state index in [0.717, 1.165) is 0 Å². The highest BCUT2D eigenvalue weighted by atomic mass is 16.5. The van der Waals surface area contributed by atoms with E-state index in [1.807, 2.05) is 0 Å². The molecule has 0 saturated carbocycles. The van der Waals surface area contributed by atoms with E-state index in [-0.39, 0.29) is 19.1 Å². The van der Waals surface area contributed by atoms with Gasteiger partial charge in [0, 0.05) is 18.7 Å². The van der Waals surface area contributed by atoms with Crippen molar-refractivity contribution in [3.05, 3.63) is 23.8 Å². The van der Waals surface area contributed by atoms with E-state index in [1.165, 1.54) is 21.3 Å². The van der Waals surface area contributed by atoms with Crippen LogP contribution in [0.5, 0.6) is 11.5 Å². The number of nitrogens with one attached hydrogen (secondary N) is 1. The predicted molar refractivity (Wildman–Crippen MR) is 69.8 cm³/mol. The molecule has 0 aliphatic rings. The summed E-state index contributed by atoms with van der Waals surface area (Å²) in [5, 5.41) is 11.8. The molecule has 1 amide bonds. The van der Waals surface area contributed by atoms with Crippen LogP contribution in [0.25, 0.3) is 0 Å². The third-order valence-electron chi connectivity index (χ3n) is 2.54. The summed E-state index contributed by atoms with van der Waals surface area (Å²) in [4.78, 5) is 12.0. The largest absolute Gasteiger partial charge is 0.497 e. The van der Waals surface area contributed by atoms with Crippen molar-refractivity contribution in [1.29, 1.82) is 0 Å². The Labute approximate surface area is 112 Å². The number of aliphatic hydroxyl groups is 1. The molecule has 0 aromatic heterocycles. The first kappa shape index (κ1) is 15.3. The Morgan fingerprint density at radius 3 is 2.21 bits per heavy atom. The van der Waals surface area contributed by atoms with E-state index in [4.69, 9.17) is 19.3 Å². The SMILES string of the molecule is COCC(CO)NC(=O)c1cc(OC)cc(OC)c1. The lowest BCUT2D eigenvalue weighted by Crippen LogP contribution is -2.40. The number of amides is 1. The molecule has 1 rings (SSSR count). The summed E-state index contributed by atoms with van der Waals surface area (Å²) in [5.41, 5.74) is 0.394. The fraction of sp³-hybridized carbons (Fsp3) is 0.462. The van der Waals surface area contributed by atoms with Gasteiger partial charge in [-0.25, -0.2) is 0 Å². The molecule has 0 saturated heterocycles. The monoisotopic (exact) mass is 269 g/mol. The van der Waals surface area contributed by atoms with Crippen molar-refractivity contribution in [2.75, 3.05) is 34.5 Å². The average Bonchev–Trinajstić information content (AvgIpc) is 2.45. The number of carbonyl (C=O) groups is 1. The van der Waals surface area contributed by atoms with Gasteiger partial charge in [-0.15, -0.1) is 0 Å². The number of benzene rings is 1. The topological polar surface area (TPSA) is 77.0 Å². The summed E-state index contributed by atoms with van der Waals surface area (Å²) >= 11 is 0. The van der Waals surface area contributed by atoms with Crippen molar-refractivity contribution in [1.82, 2.24) is 5.32 Å². The zero-order valence-electron chi connectivity index (χ0n) is 11.3. The number of hydrogen-bond acceptors (Lipinski definition) is 5. The van der Waals surface area contributed by atoms with E-state index in [2.05, 4.69) is 5.32 Å². The molecule has 1 unspecified atom stereocenters. The second kappa shape index (κ2) is 7.60. The van der Waals surface area contributed by atoms with Gasteiger partial charge in [0.2, 0.25) is 0 Å². The molecule has 0 spiro atoms. The molecule has 0 aliphatic carbocycles. The first-order chi connectivity index (χ1) is 9.14. The Kier molecular flexibility index (Phi) is 6.11. The molecule has 6 heteroatoms.